The van der Waals surface area contributed by atoms with E-state index in [1.54, 1.807) is 0 Å². The Morgan fingerprint density at radius 1 is 0.207 bits per heavy atom. The highest BCUT2D eigenvalue weighted by Gasteiger charge is 2.63. The topological polar surface area (TPSA) is 906 Å². The molecule has 11 saturated heterocycles. The zero-order valence-corrected chi connectivity index (χ0v) is 73.3. The van der Waals surface area contributed by atoms with Crippen molar-refractivity contribution in [1.82, 2.24) is 26.6 Å². The monoisotopic (exact) mass is 1970 g/mol. The van der Waals surface area contributed by atoms with Gasteiger partial charge in [-0.2, -0.15) is 0 Å². The number of nitrogens with one attached hydrogen (secondary N) is 5. The highest BCUT2D eigenvalue weighted by atomic mass is 16.8. The number of amides is 5. The number of aliphatic hydroxyl groups is 28. The number of carbonyl (C=O) groups is 5. The summed E-state index contributed by atoms with van der Waals surface area (Å²) >= 11 is 0. The van der Waals surface area contributed by atoms with Gasteiger partial charge in [0.1, 0.15) is 256 Å². The molecular formula is C76H127N5O54. The van der Waals surface area contributed by atoms with Crippen molar-refractivity contribution < 1.29 is 266 Å². The number of hydrogen-bond donors (Lipinski definition) is 33. The highest BCUT2D eigenvalue weighted by Crippen LogP contribution is 2.42. The Hall–Kier alpha value is -4.61. The van der Waals surface area contributed by atoms with Crippen molar-refractivity contribution in [2.75, 3.05) is 59.5 Å². The average molecular weight is 1970 g/mol. The predicted octanol–water partition coefficient (Wildman–Crippen LogP) is -22.2. The van der Waals surface area contributed by atoms with Gasteiger partial charge in [-0.15, -0.1) is 0 Å². The molecule has 11 fully saturated rings. The molecule has 55 atom stereocenters. The molecule has 33 N–H and O–H groups in total. The van der Waals surface area contributed by atoms with Gasteiger partial charge >= 0.3 is 0 Å². The van der Waals surface area contributed by atoms with Gasteiger partial charge in [-0.1, -0.05) is 0 Å². The molecule has 0 aromatic carbocycles. The quantitative estimate of drug-likeness (QED) is 0.0284. The first-order chi connectivity index (χ1) is 63.8. The molecule has 11 rings (SSSR count). The Labute approximate surface area is 765 Å². The molecule has 0 aromatic heterocycles. The molecule has 11 heterocycles. The molecule has 1 unspecified atom stereocenters. The molecule has 0 aromatic rings. The van der Waals surface area contributed by atoms with Crippen molar-refractivity contribution in [3.05, 3.63) is 0 Å². The van der Waals surface area contributed by atoms with Crippen molar-refractivity contribution in [2.24, 2.45) is 0 Å². The molecule has 780 valence electrons. The van der Waals surface area contributed by atoms with Crippen LogP contribution in [0.1, 0.15) is 48.5 Å². The summed E-state index contributed by atoms with van der Waals surface area (Å²) in [7, 11) is 0. The summed E-state index contributed by atoms with van der Waals surface area (Å²) in [5.74, 6) is -4.72. The van der Waals surface area contributed by atoms with Crippen molar-refractivity contribution in [3.8, 4) is 0 Å². The Kier molecular flexibility index (Phi) is 39.5. The van der Waals surface area contributed by atoms with Gasteiger partial charge < -0.3 is 269 Å². The third-order valence-electron chi connectivity index (χ3n) is 24.9. The van der Waals surface area contributed by atoms with Crippen molar-refractivity contribution in [1.29, 1.82) is 0 Å². The van der Waals surface area contributed by atoms with E-state index >= 15 is 0 Å². The molecule has 11 aliphatic heterocycles. The summed E-state index contributed by atoms with van der Waals surface area (Å²) in [6, 6.07) is -9.61. The number of hydrogen-bond acceptors (Lipinski definition) is 54. The maximum atomic E-state index is 13.6. The first kappa shape index (κ1) is 111. The lowest BCUT2D eigenvalue weighted by Crippen LogP contribution is -2.71. The molecule has 0 radical (unpaired) electrons. The van der Waals surface area contributed by atoms with E-state index in [4.69, 9.17) is 99.5 Å². The third-order valence-corrected chi connectivity index (χ3v) is 24.9. The van der Waals surface area contributed by atoms with Gasteiger partial charge in [0.25, 0.3) is 0 Å². The zero-order chi connectivity index (χ0) is 99.4. The molecule has 135 heavy (non-hydrogen) atoms. The van der Waals surface area contributed by atoms with Gasteiger partial charge in [-0.3, -0.25) is 24.0 Å². The maximum absolute atomic E-state index is 13.6. The van der Waals surface area contributed by atoms with Gasteiger partial charge in [0, 0.05) is 34.6 Å². The molecule has 11 aliphatic rings. The van der Waals surface area contributed by atoms with Gasteiger partial charge in [0.15, 0.2) is 69.2 Å². The van der Waals surface area contributed by atoms with E-state index in [2.05, 4.69) is 26.6 Å². The van der Waals surface area contributed by atoms with E-state index in [1.165, 1.54) is 13.8 Å². The number of carbonyl (C=O) groups excluding carboxylic acids is 5. The lowest BCUT2D eigenvalue weighted by atomic mass is 9.93. The highest BCUT2D eigenvalue weighted by molar-refractivity contribution is 5.75. The van der Waals surface area contributed by atoms with E-state index in [0.29, 0.717) is 0 Å². The van der Waals surface area contributed by atoms with Crippen molar-refractivity contribution in [3.63, 3.8) is 0 Å². The Balaban J connectivity index is 0.954. The molecule has 5 amide bonds. The largest absolute Gasteiger partial charge is 0.394 e. The zero-order valence-electron chi connectivity index (χ0n) is 73.3. The smallest absolute Gasteiger partial charge is 0.217 e. The summed E-state index contributed by atoms with van der Waals surface area (Å²) in [5, 5.41) is 329. The second kappa shape index (κ2) is 48.2. The van der Waals surface area contributed by atoms with Crippen molar-refractivity contribution in [2.45, 2.75) is 386 Å². The maximum Gasteiger partial charge on any atom is 0.217 e. The third kappa shape index (κ3) is 24.7. The van der Waals surface area contributed by atoms with E-state index in [-0.39, 0.29) is 0 Å². The van der Waals surface area contributed by atoms with Gasteiger partial charge in [0.05, 0.1) is 71.7 Å². The van der Waals surface area contributed by atoms with Crippen LogP contribution >= 0.6 is 0 Å². The van der Waals surface area contributed by atoms with E-state index in [9.17, 15) is 167 Å². The second-order valence-corrected chi connectivity index (χ2v) is 34.5. The van der Waals surface area contributed by atoms with Gasteiger partial charge in [0.2, 0.25) is 29.5 Å². The van der Waals surface area contributed by atoms with Crippen LogP contribution in [0.25, 0.3) is 0 Å². The second-order valence-electron chi connectivity index (χ2n) is 34.5. The SMILES string of the molecule is CC(=O)N[C@H]1[C@H](O[C@H]2[C@H](O)[C@@H](NC(C)=O)C(O)O[C@@H]2CO[C@@H]2O[C@@H](C)[C@@H](O)[C@@H](O)[C@@H]2O)O[C@H](CO)[C@@H](O[C@@H]2O[C@H](CO[C@H]3O[C@H](CO)[C@@H](O)[C@H](O)[C@@H]3O[C@@H]3O[C@H](CO)[C@@H](O[C@@H]4O[C@H](CO)[C@H](O)[C@H](O)[C@H]4NC(C)=O)[C@H](O)[C@H]3NC(C)=O)[C@@H](O)[C@H](O[C@H]3O[C@H](CO)[C@@H](O)[C@H](O)[C@@H]3O[C@@H]3O[C@H](CO)[C@@H](O[C@@H]4O[C@H](CO)[C@H](O)[C@H](O)[C@H]4O)[C@H](O[C@@H]4O[C@@H](C)[C@@H](O)[C@@H](O)[C@@H]4O)[C@H]3NC(C)=O)[C@@H]2O)[C@@H]1O. The minimum Gasteiger partial charge on any atom is -0.394 e. The number of rotatable bonds is 34. The fourth-order valence-corrected chi connectivity index (χ4v) is 17.6. The first-order valence-electron chi connectivity index (χ1n) is 43.4. The summed E-state index contributed by atoms with van der Waals surface area (Å²) in [4.78, 5) is 65.1. The molecular weight excluding hydrogens is 1850 g/mol. The normalized spacial score (nSPS) is 49.5. The fraction of sp³-hybridized carbons (Fsp3) is 0.934. The summed E-state index contributed by atoms with van der Waals surface area (Å²) in [5.41, 5.74) is 0. The van der Waals surface area contributed by atoms with Crippen LogP contribution in [0.5, 0.6) is 0 Å². The Morgan fingerprint density at radius 3 is 0.941 bits per heavy atom. The molecule has 0 spiro atoms. The van der Waals surface area contributed by atoms with Gasteiger partial charge in [-0.05, 0) is 13.8 Å². The standard InChI is InChI=1S/C76H127N5O54/c1-17-38(94)49(105)54(110)71(117-17)115-16-32-60(46(102)33(66(114)119-32)77-19(3)89)129-68-35(79-21(5)91)48(104)59(29(13-87)124-68)130-74-57(113)63(44(100)31(127-74)15-116-75-64(52(108)42(98)26(10-84)122-75)134-69-36(80-22(6)92)47(103)58(28(12-86)125-69)128-67-34(78-20(4)90)45(101)40(96)24(8-82)120-67)133-76-65(53(109)43(99)27(11-85)123-76)135-70-37(81-23(7)93)62(132-72-55(111)50(106)39(95)18(2)118-72)61(30(14-88)126-70)131-73-56(112)51(107)41(97)25(9-83)121-73/h17-18,24-76,82-88,94-114H,8-16H2,1-7H3,(H,77,89)(H,78,90)(H,79,91)(H,80,92)(H,81,93)/t17-,18-,24+,25+,26+,27+,28+,29+,30+,31+,32+,33+,34+,35+,36+,37+,38+,39+,40-,41-,42+,43+,44+,45+,46+,47+,48+,49+,50+,51-,52-,53-,54-,55-,56+,57-,58+,59+,60+,61+,62+,63-,64-,65-,66?,67-,68-,69-,70-,71+,72-,73-,74-,75-,76+/m0/s1. The van der Waals surface area contributed by atoms with Crippen LogP contribution in [0.2, 0.25) is 0 Å². The van der Waals surface area contributed by atoms with Gasteiger partial charge in [-0.25, -0.2) is 0 Å². The van der Waals surface area contributed by atoms with Crippen LogP contribution < -0.4 is 26.6 Å². The number of aliphatic hydroxyl groups excluding tert-OH is 28. The van der Waals surface area contributed by atoms with Crippen LogP contribution in [0.3, 0.4) is 0 Å². The molecule has 0 saturated carbocycles. The van der Waals surface area contributed by atoms with E-state index in [0.717, 1.165) is 34.6 Å². The molecule has 0 bridgehead atoms. The van der Waals surface area contributed by atoms with Crippen molar-refractivity contribution >= 4 is 29.5 Å². The first-order valence-corrected chi connectivity index (χ1v) is 43.4. The van der Waals surface area contributed by atoms with Crippen LogP contribution in [-0.4, -0.2) is 569 Å². The predicted molar refractivity (Wildman–Crippen MR) is 417 cm³/mol. The Bertz CT molecular complexity index is 3750. The lowest BCUT2D eigenvalue weighted by Gasteiger charge is -2.52. The van der Waals surface area contributed by atoms with E-state index < -0.39 is 426 Å². The number of ether oxygens (including phenoxy) is 21. The van der Waals surface area contributed by atoms with E-state index in [1.807, 2.05) is 0 Å². The Morgan fingerprint density at radius 2 is 0.481 bits per heavy atom. The summed E-state index contributed by atoms with van der Waals surface area (Å²) in [6.07, 6.45) is -105. The lowest BCUT2D eigenvalue weighted by molar-refractivity contribution is -0.403. The molecule has 0 aliphatic carbocycles. The summed E-state index contributed by atoms with van der Waals surface area (Å²) in [6.45, 7) is -3.10. The van der Waals surface area contributed by atoms with Crippen LogP contribution in [0.4, 0.5) is 0 Å². The van der Waals surface area contributed by atoms with Crippen LogP contribution in [0, 0.1) is 0 Å². The van der Waals surface area contributed by atoms with Crippen LogP contribution in [0.15, 0.2) is 0 Å². The fourth-order valence-electron chi connectivity index (χ4n) is 17.6. The average Bonchev–Trinajstić information content (AvgIpc) is 0.766. The minimum atomic E-state index is -2.70. The minimum absolute atomic E-state index is 0.822. The van der Waals surface area contributed by atoms with Crippen LogP contribution in [-0.2, 0) is 123 Å². The molecule has 59 nitrogen and oxygen atoms in total. The summed E-state index contributed by atoms with van der Waals surface area (Å²) < 4.78 is 127. The molecule has 59 heteroatoms.